The number of para-hydroxylation sites is 1. The fourth-order valence-corrected chi connectivity index (χ4v) is 2.20. The average Bonchev–Trinajstić information content (AvgIpc) is 2.53. The van der Waals surface area contributed by atoms with Gasteiger partial charge in [-0.2, -0.15) is 0 Å². The van der Waals surface area contributed by atoms with E-state index in [4.69, 9.17) is 0 Å². The van der Waals surface area contributed by atoms with E-state index in [1.807, 2.05) is 30.3 Å². The van der Waals surface area contributed by atoms with Crippen LogP contribution in [0, 0.1) is 10.1 Å². The molecule has 1 N–H and O–H groups in total. The molecule has 3 rings (SSSR count). The Hall–Kier alpha value is -3.02. The molecule has 0 aliphatic carbocycles. The molecule has 0 bridgehead atoms. The Morgan fingerprint density at radius 2 is 2.00 bits per heavy atom. The molecule has 2 aromatic heterocycles. The van der Waals surface area contributed by atoms with Crippen molar-refractivity contribution in [2.45, 2.75) is 0 Å². The zero-order chi connectivity index (χ0) is 14.8. The molecule has 0 spiro atoms. The number of aromatic nitrogens is 2. The highest BCUT2D eigenvalue weighted by Crippen LogP contribution is 2.29. The second-order valence-corrected chi connectivity index (χ2v) is 4.48. The Balaban J connectivity index is 2.27. The third-order valence-corrected chi connectivity index (χ3v) is 3.19. The van der Waals surface area contributed by atoms with Gasteiger partial charge >= 0.3 is 0 Å². The van der Waals surface area contributed by atoms with E-state index in [1.165, 1.54) is 12.1 Å². The van der Waals surface area contributed by atoms with Gasteiger partial charge in [-0.05, 0) is 6.07 Å². The molecule has 6 nitrogen and oxygen atoms in total. The molecule has 0 aliphatic rings. The molecule has 1 aromatic carbocycles. The highest BCUT2D eigenvalue weighted by molar-refractivity contribution is 5.93. The highest BCUT2D eigenvalue weighted by Gasteiger charge is 2.14. The van der Waals surface area contributed by atoms with Crippen LogP contribution in [0.25, 0.3) is 22.2 Å². The lowest BCUT2D eigenvalue weighted by molar-refractivity contribution is -0.384. The first kappa shape index (κ1) is 13.0. The normalized spacial score (nSPS) is 10.5. The van der Waals surface area contributed by atoms with E-state index in [0.29, 0.717) is 11.5 Å². The van der Waals surface area contributed by atoms with Crippen LogP contribution in [0.3, 0.4) is 0 Å². The van der Waals surface area contributed by atoms with Gasteiger partial charge in [0.1, 0.15) is 5.82 Å². The van der Waals surface area contributed by atoms with Crippen LogP contribution in [0.5, 0.6) is 0 Å². The molecule has 0 saturated heterocycles. The quantitative estimate of drug-likeness (QED) is 0.588. The van der Waals surface area contributed by atoms with Crippen LogP contribution in [-0.4, -0.2) is 21.9 Å². The summed E-state index contributed by atoms with van der Waals surface area (Å²) < 4.78 is 0. The van der Waals surface area contributed by atoms with Gasteiger partial charge in [-0.15, -0.1) is 0 Å². The van der Waals surface area contributed by atoms with E-state index in [2.05, 4.69) is 15.3 Å². The Kier molecular flexibility index (Phi) is 3.19. The van der Waals surface area contributed by atoms with Gasteiger partial charge in [0.05, 0.1) is 22.2 Å². The molecule has 0 amide bonds. The Bertz CT molecular complexity index is 828. The molecule has 21 heavy (non-hydrogen) atoms. The van der Waals surface area contributed by atoms with Gasteiger partial charge in [0.2, 0.25) is 0 Å². The van der Waals surface area contributed by atoms with Crippen molar-refractivity contribution >= 4 is 22.4 Å². The first-order valence-electron chi connectivity index (χ1n) is 6.37. The van der Waals surface area contributed by atoms with Gasteiger partial charge in [-0.1, -0.05) is 24.3 Å². The molecule has 3 aromatic rings. The molecule has 0 atom stereocenters. The summed E-state index contributed by atoms with van der Waals surface area (Å²) in [5, 5.41) is 14.9. The predicted molar refractivity (Wildman–Crippen MR) is 81.2 cm³/mol. The summed E-state index contributed by atoms with van der Waals surface area (Å²) in [5.74, 6) is 0.451. The van der Waals surface area contributed by atoms with Crippen molar-refractivity contribution in [2.75, 3.05) is 12.4 Å². The van der Waals surface area contributed by atoms with Crippen molar-refractivity contribution in [3.8, 4) is 11.3 Å². The molecule has 0 saturated carbocycles. The number of nitrogens with one attached hydrogen (secondary N) is 1. The van der Waals surface area contributed by atoms with Crippen molar-refractivity contribution in [2.24, 2.45) is 0 Å². The Morgan fingerprint density at radius 3 is 2.76 bits per heavy atom. The molecule has 0 aliphatic heterocycles. The summed E-state index contributed by atoms with van der Waals surface area (Å²) in [5.41, 5.74) is 2.07. The van der Waals surface area contributed by atoms with Crippen molar-refractivity contribution < 1.29 is 4.92 Å². The van der Waals surface area contributed by atoms with Crippen molar-refractivity contribution in [1.29, 1.82) is 0 Å². The molecule has 0 fully saturated rings. The number of hydrogen-bond donors (Lipinski definition) is 1. The maximum Gasteiger partial charge on any atom is 0.275 e. The lowest BCUT2D eigenvalue weighted by Gasteiger charge is -2.07. The fraction of sp³-hybridized carbons (Fsp3) is 0.0667. The molecule has 0 unspecified atom stereocenters. The topological polar surface area (TPSA) is 81.0 Å². The summed E-state index contributed by atoms with van der Waals surface area (Å²) in [4.78, 5) is 19.4. The summed E-state index contributed by atoms with van der Waals surface area (Å²) in [6, 6.07) is 12.4. The Labute approximate surface area is 120 Å². The Morgan fingerprint density at radius 1 is 1.19 bits per heavy atom. The summed E-state index contributed by atoms with van der Waals surface area (Å²) in [6.07, 6.45) is 1.70. The van der Waals surface area contributed by atoms with Gasteiger partial charge < -0.3 is 5.32 Å². The van der Waals surface area contributed by atoms with Crippen LogP contribution >= 0.6 is 0 Å². The SMILES string of the molecule is CNc1cc([N+](=O)[O-])cc(-c2cccc3cccnc23)n1. The minimum Gasteiger partial charge on any atom is -0.373 e. The number of anilines is 1. The minimum atomic E-state index is -0.426. The largest absolute Gasteiger partial charge is 0.373 e. The minimum absolute atomic E-state index is 0.00251. The van der Waals surface area contributed by atoms with Crippen LogP contribution in [0.1, 0.15) is 0 Å². The maximum atomic E-state index is 11.1. The molecule has 6 heteroatoms. The second-order valence-electron chi connectivity index (χ2n) is 4.48. The van der Waals surface area contributed by atoms with Crippen LogP contribution in [0.4, 0.5) is 11.5 Å². The number of nitrogens with zero attached hydrogens (tertiary/aromatic N) is 3. The van der Waals surface area contributed by atoms with E-state index in [1.54, 1.807) is 13.2 Å². The number of hydrogen-bond acceptors (Lipinski definition) is 5. The average molecular weight is 280 g/mol. The first-order valence-corrected chi connectivity index (χ1v) is 6.37. The van der Waals surface area contributed by atoms with E-state index in [0.717, 1.165) is 16.5 Å². The molecule has 0 radical (unpaired) electrons. The van der Waals surface area contributed by atoms with E-state index >= 15 is 0 Å². The van der Waals surface area contributed by atoms with E-state index in [-0.39, 0.29) is 5.69 Å². The number of fused-ring (bicyclic) bond motifs is 1. The lowest BCUT2D eigenvalue weighted by Crippen LogP contribution is -1.98. The smallest absolute Gasteiger partial charge is 0.275 e. The van der Waals surface area contributed by atoms with Crippen molar-refractivity contribution in [1.82, 2.24) is 9.97 Å². The van der Waals surface area contributed by atoms with E-state index in [9.17, 15) is 10.1 Å². The fourth-order valence-electron chi connectivity index (χ4n) is 2.20. The van der Waals surface area contributed by atoms with Crippen molar-refractivity contribution in [3.05, 3.63) is 58.8 Å². The third kappa shape index (κ3) is 2.38. The molecular formula is C15H12N4O2. The standard InChI is InChI=1S/C15H12N4O2/c1-16-14-9-11(19(20)21)8-13(18-14)12-6-2-4-10-5-3-7-17-15(10)12/h2-9H,1H3,(H,16,18). The van der Waals surface area contributed by atoms with Crippen LogP contribution < -0.4 is 5.32 Å². The zero-order valence-electron chi connectivity index (χ0n) is 11.3. The van der Waals surface area contributed by atoms with Gasteiger partial charge in [-0.25, -0.2) is 4.98 Å². The van der Waals surface area contributed by atoms with Gasteiger partial charge in [0.15, 0.2) is 0 Å². The van der Waals surface area contributed by atoms with Crippen LogP contribution in [0.15, 0.2) is 48.7 Å². The van der Waals surface area contributed by atoms with Gasteiger partial charge in [0, 0.05) is 30.3 Å². The first-order chi connectivity index (χ1) is 10.2. The summed E-state index contributed by atoms with van der Waals surface area (Å²) in [7, 11) is 1.68. The monoisotopic (exact) mass is 280 g/mol. The predicted octanol–water partition coefficient (Wildman–Crippen LogP) is 3.25. The van der Waals surface area contributed by atoms with Gasteiger partial charge in [0.25, 0.3) is 5.69 Å². The summed E-state index contributed by atoms with van der Waals surface area (Å²) >= 11 is 0. The van der Waals surface area contributed by atoms with Crippen LogP contribution in [0.2, 0.25) is 0 Å². The molecule has 2 heterocycles. The molecular weight excluding hydrogens is 268 g/mol. The summed E-state index contributed by atoms with van der Waals surface area (Å²) in [6.45, 7) is 0. The van der Waals surface area contributed by atoms with Crippen molar-refractivity contribution in [3.63, 3.8) is 0 Å². The number of nitro groups is 1. The highest BCUT2D eigenvalue weighted by atomic mass is 16.6. The van der Waals surface area contributed by atoms with Gasteiger partial charge in [-0.3, -0.25) is 15.1 Å². The third-order valence-electron chi connectivity index (χ3n) is 3.19. The lowest BCUT2D eigenvalue weighted by atomic mass is 10.1. The zero-order valence-corrected chi connectivity index (χ0v) is 11.3. The molecule has 104 valence electrons. The number of pyridine rings is 2. The van der Waals surface area contributed by atoms with E-state index < -0.39 is 4.92 Å². The second kappa shape index (κ2) is 5.16. The van der Waals surface area contributed by atoms with Crippen LogP contribution in [-0.2, 0) is 0 Å². The number of benzene rings is 1. The number of rotatable bonds is 3. The maximum absolute atomic E-state index is 11.1.